The number of nitrogens with one attached hydrogen (secondary N) is 1. The molecule has 8 heteroatoms. The number of alkyl halides is 3. The van der Waals surface area contributed by atoms with Crippen LogP contribution in [0, 0.1) is 17.1 Å². The minimum Gasteiger partial charge on any atom is -0.349 e. The number of para-hydroxylation sites is 1. The van der Waals surface area contributed by atoms with Crippen molar-refractivity contribution in [3.05, 3.63) is 65.3 Å². The monoisotopic (exact) mass is 337 g/mol. The Morgan fingerprint density at radius 2 is 1.92 bits per heavy atom. The largest absolute Gasteiger partial charge is 0.417 e. The van der Waals surface area contributed by atoms with Gasteiger partial charge in [-0.15, -0.1) is 0 Å². The third-order valence-electron chi connectivity index (χ3n) is 3.18. The number of amides is 1. The average Bonchev–Trinajstić information content (AvgIpc) is 2.51. The fourth-order valence-corrected chi connectivity index (χ4v) is 2.01. The van der Waals surface area contributed by atoms with E-state index in [-0.39, 0.29) is 11.4 Å². The van der Waals surface area contributed by atoms with Crippen molar-refractivity contribution in [3.63, 3.8) is 0 Å². The zero-order valence-corrected chi connectivity index (χ0v) is 12.4. The molecule has 1 aliphatic rings. The Morgan fingerprint density at radius 3 is 2.46 bits per heavy atom. The lowest BCUT2D eigenvalue weighted by atomic mass is 10.1. The number of allylic oxidation sites excluding steroid dienone is 3. The number of nitriles is 1. The fraction of sp³-hybridized carbons (Fsp3) is 0.125. The summed E-state index contributed by atoms with van der Waals surface area (Å²) in [5, 5.41) is 11.4. The number of carbonyl (C=O) groups is 1. The molecule has 0 bridgehead atoms. The molecule has 0 unspecified atom stereocenters. The molecular weight excluding hydrogens is 326 g/mol. The number of halogens is 4. The van der Waals surface area contributed by atoms with Crippen molar-refractivity contribution in [3.8, 4) is 6.07 Å². The summed E-state index contributed by atoms with van der Waals surface area (Å²) < 4.78 is 51.5. The predicted octanol–water partition coefficient (Wildman–Crippen LogP) is 3.49. The fourth-order valence-electron chi connectivity index (χ4n) is 2.01. The van der Waals surface area contributed by atoms with Gasteiger partial charge in [0, 0.05) is 13.2 Å². The molecule has 0 aromatic heterocycles. The molecule has 1 heterocycles. The van der Waals surface area contributed by atoms with E-state index in [9.17, 15) is 27.6 Å². The maximum Gasteiger partial charge on any atom is 0.417 e. The van der Waals surface area contributed by atoms with Crippen LogP contribution in [0.3, 0.4) is 0 Å². The van der Waals surface area contributed by atoms with Crippen LogP contribution in [0.15, 0.2) is 59.5 Å². The molecule has 124 valence electrons. The molecule has 4 nitrogen and oxygen atoms in total. The van der Waals surface area contributed by atoms with Crippen LogP contribution >= 0.6 is 0 Å². The molecule has 24 heavy (non-hydrogen) atoms. The highest BCUT2D eigenvalue weighted by Gasteiger charge is 2.34. The van der Waals surface area contributed by atoms with Crippen LogP contribution in [-0.4, -0.2) is 24.0 Å². The van der Waals surface area contributed by atoms with Crippen LogP contribution in [0.2, 0.25) is 0 Å². The molecule has 1 N–H and O–H groups in total. The number of hydrogen-bond donors (Lipinski definition) is 1. The van der Waals surface area contributed by atoms with Crippen molar-refractivity contribution < 1.29 is 22.4 Å². The van der Waals surface area contributed by atoms with Gasteiger partial charge in [-0.2, -0.15) is 18.4 Å². The van der Waals surface area contributed by atoms with E-state index in [1.54, 1.807) is 6.07 Å². The molecule has 1 aliphatic heterocycles. The summed E-state index contributed by atoms with van der Waals surface area (Å²) in [6, 6.07) is 6.98. The molecule has 0 spiro atoms. The molecule has 0 atom stereocenters. The maximum atomic E-state index is 13.5. The number of rotatable bonds is 2. The molecule has 0 fully saturated rings. The van der Waals surface area contributed by atoms with Crippen LogP contribution in [0.4, 0.5) is 23.2 Å². The second kappa shape index (κ2) is 6.58. The minimum atomic E-state index is -4.54. The number of benzene rings is 1. The number of hydrogen-bond acceptors (Lipinski definition) is 3. The lowest BCUT2D eigenvalue weighted by Crippen LogP contribution is -2.24. The van der Waals surface area contributed by atoms with Gasteiger partial charge in [0.1, 0.15) is 17.5 Å². The zero-order chi connectivity index (χ0) is 17.9. The van der Waals surface area contributed by atoms with Crippen molar-refractivity contribution in [2.45, 2.75) is 6.18 Å². The van der Waals surface area contributed by atoms with E-state index < -0.39 is 29.0 Å². The molecule has 1 aromatic carbocycles. The van der Waals surface area contributed by atoms with Crippen LogP contribution in [-0.2, 0) is 4.79 Å². The summed E-state index contributed by atoms with van der Waals surface area (Å²) >= 11 is 0. The zero-order valence-electron chi connectivity index (χ0n) is 12.4. The van der Waals surface area contributed by atoms with Gasteiger partial charge in [0.15, 0.2) is 0 Å². The van der Waals surface area contributed by atoms with E-state index in [0.29, 0.717) is 0 Å². The molecule has 0 saturated heterocycles. The van der Waals surface area contributed by atoms with E-state index in [2.05, 4.69) is 5.32 Å². The number of nitrogens with zero attached hydrogens (tertiary/aromatic N) is 2. The smallest absolute Gasteiger partial charge is 0.349 e. The highest BCUT2D eigenvalue weighted by molar-refractivity contribution is 6.07. The highest BCUT2D eigenvalue weighted by atomic mass is 19.4. The van der Waals surface area contributed by atoms with Crippen LogP contribution in [0.5, 0.6) is 0 Å². The SMILES string of the molecule is CN1C=C(C(F)(F)F)C=C/C1=C(\C#N)C(=O)Nc1ccccc1F. The first-order valence-electron chi connectivity index (χ1n) is 6.64. The van der Waals surface area contributed by atoms with Gasteiger partial charge in [-0.3, -0.25) is 4.79 Å². The molecule has 0 aliphatic carbocycles. The summed E-state index contributed by atoms with van der Waals surface area (Å²) in [7, 11) is 1.28. The lowest BCUT2D eigenvalue weighted by molar-refractivity contribution is -0.112. The number of carbonyl (C=O) groups excluding carboxylic acids is 1. The van der Waals surface area contributed by atoms with E-state index in [4.69, 9.17) is 0 Å². The minimum absolute atomic E-state index is 0.0284. The van der Waals surface area contributed by atoms with Gasteiger partial charge < -0.3 is 10.2 Å². The number of likely N-dealkylation sites (N-methyl/N-ethyl adjacent to an activating group) is 1. The summed E-state index contributed by atoms with van der Waals surface area (Å²) in [5.41, 5.74) is -1.51. The second-order valence-electron chi connectivity index (χ2n) is 4.83. The molecule has 1 amide bonds. The Balaban J connectivity index is 2.32. The van der Waals surface area contributed by atoms with Crippen LogP contribution < -0.4 is 5.32 Å². The number of anilines is 1. The predicted molar refractivity (Wildman–Crippen MR) is 78.7 cm³/mol. The van der Waals surface area contributed by atoms with E-state index >= 15 is 0 Å². The van der Waals surface area contributed by atoms with Gasteiger partial charge in [0.25, 0.3) is 5.91 Å². The van der Waals surface area contributed by atoms with E-state index in [0.717, 1.165) is 29.3 Å². The molecule has 2 rings (SSSR count). The molecule has 0 saturated carbocycles. The van der Waals surface area contributed by atoms with Crippen molar-refractivity contribution in [1.82, 2.24) is 4.90 Å². The van der Waals surface area contributed by atoms with Crippen LogP contribution in [0.1, 0.15) is 0 Å². The van der Waals surface area contributed by atoms with Gasteiger partial charge in [0.2, 0.25) is 0 Å². The van der Waals surface area contributed by atoms with E-state index in [1.165, 1.54) is 25.2 Å². The van der Waals surface area contributed by atoms with Gasteiger partial charge in [-0.1, -0.05) is 12.1 Å². The summed E-state index contributed by atoms with van der Waals surface area (Å²) in [6.45, 7) is 0. The Kier molecular flexibility index (Phi) is 4.74. The molecule has 1 aromatic rings. The van der Waals surface area contributed by atoms with Crippen molar-refractivity contribution in [2.75, 3.05) is 12.4 Å². The van der Waals surface area contributed by atoms with Gasteiger partial charge in [-0.05, 0) is 24.3 Å². The third kappa shape index (κ3) is 3.63. The first kappa shape index (κ1) is 17.3. The van der Waals surface area contributed by atoms with Crippen molar-refractivity contribution in [1.29, 1.82) is 5.26 Å². The Hall–Kier alpha value is -3.08. The molecule has 0 radical (unpaired) electrons. The van der Waals surface area contributed by atoms with Crippen molar-refractivity contribution in [2.24, 2.45) is 0 Å². The normalized spacial score (nSPS) is 16.3. The maximum absolute atomic E-state index is 13.5. The van der Waals surface area contributed by atoms with Crippen molar-refractivity contribution >= 4 is 11.6 Å². The van der Waals surface area contributed by atoms with Gasteiger partial charge >= 0.3 is 6.18 Å². The first-order chi connectivity index (χ1) is 11.2. The van der Waals surface area contributed by atoms with Crippen LogP contribution in [0.25, 0.3) is 0 Å². The quantitative estimate of drug-likeness (QED) is 0.511. The molecular formula is C16H11F4N3O. The average molecular weight is 337 g/mol. The lowest BCUT2D eigenvalue weighted by Gasteiger charge is -2.23. The topological polar surface area (TPSA) is 56.1 Å². The Morgan fingerprint density at radius 1 is 1.25 bits per heavy atom. The summed E-state index contributed by atoms with van der Waals surface area (Å²) in [5.74, 6) is -1.61. The third-order valence-corrected chi connectivity index (χ3v) is 3.18. The Bertz CT molecular complexity index is 800. The Labute approximate surface area is 135 Å². The van der Waals surface area contributed by atoms with E-state index in [1.807, 2.05) is 0 Å². The van der Waals surface area contributed by atoms with Gasteiger partial charge in [0.05, 0.1) is 17.0 Å². The highest BCUT2D eigenvalue weighted by Crippen LogP contribution is 2.31. The van der Waals surface area contributed by atoms with Gasteiger partial charge in [-0.25, -0.2) is 4.39 Å². The first-order valence-corrected chi connectivity index (χ1v) is 6.64. The second-order valence-corrected chi connectivity index (χ2v) is 4.83. The summed E-state index contributed by atoms with van der Waals surface area (Å²) in [4.78, 5) is 13.2. The standard InChI is InChI=1S/C16H11F4N3O/c1-23-9-10(16(18,19)20)6-7-14(23)11(8-21)15(24)22-13-5-3-2-4-12(13)17/h2-7,9H,1H3,(H,22,24)/b14-11-. The summed E-state index contributed by atoms with van der Waals surface area (Å²) in [6.07, 6.45) is -1.99.